The van der Waals surface area contributed by atoms with E-state index in [2.05, 4.69) is 0 Å². The number of nitrogens with two attached hydrogens (primary N) is 1. The van der Waals surface area contributed by atoms with Gasteiger partial charge in [-0.25, -0.2) is 0 Å². The lowest BCUT2D eigenvalue weighted by atomic mass is 10.1. The summed E-state index contributed by atoms with van der Waals surface area (Å²) in [6.45, 7) is -0.250. The zero-order valence-corrected chi connectivity index (χ0v) is 9.78. The van der Waals surface area contributed by atoms with Gasteiger partial charge in [-0.3, -0.25) is 0 Å². The second-order valence-corrected chi connectivity index (χ2v) is 3.81. The molecule has 18 heavy (non-hydrogen) atoms. The Morgan fingerprint density at radius 1 is 1.28 bits per heavy atom. The molecule has 0 heterocycles. The van der Waals surface area contributed by atoms with Gasteiger partial charge < -0.3 is 15.6 Å². The Hall–Kier alpha value is -1.27. The van der Waals surface area contributed by atoms with Crippen LogP contribution in [0.25, 0.3) is 0 Å². The second-order valence-electron chi connectivity index (χ2n) is 3.81. The minimum atomic E-state index is -4.45. The molecule has 3 nitrogen and oxygen atoms in total. The number of aliphatic hydroxyl groups is 1. The van der Waals surface area contributed by atoms with Crippen molar-refractivity contribution in [3.05, 3.63) is 29.8 Å². The van der Waals surface area contributed by atoms with E-state index in [4.69, 9.17) is 15.6 Å². The fraction of sp³-hybridized carbons (Fsp3) is 0.500. The van der Waals surface area contributed by atoms with E-state index < -0.39 is 12.3 Å². The van der Waals surface area contributed by atoms with Crippen LogP contribution in [0.4, 0.5) is 13.2 Å². The van der Waals surface area contributed by atoms with Crippen LogP contribution >= 0.6 is 0 Å². The first-order valence-corrected chi connectivity index (χ1v) is 5.61. The average molecular weight is 263 g/mol. The van der Waals surface area contributed by atoms with Crippen LogP contribution in [0.3, 0.4) is 0 Å². The van der Waals surface area contributed by atoms with Gasteiger partial charge in [0.1, 0.15) is 5.75 Å². The van der Waals surface area contributed by atoms with Gasteiger partial charge in [-0.05, 0) is 24.6 Å². The molecular weight excluding hydrogens is 247 g/mol. The summed E-state index contributed by atoms with van der Waals surface area (Å²) in [4.78, 5) is 0. The van der Waals surface area contributed by atoms with Crippen molar-refractivity contribution in [2.75, 3.05) is 13.2 Å². The maximum absolute atomic E-state index is 12.7. The summed E-state index contributed by atoms with van der Waals surface area (Å²) in [6.07, 6.45) is -6.41. The van der Waals surface area contributed by atoms with Gasteiger partial charge in [-0.1, -0.05) is 18.2 Å². The van der Waals surface area contributed by atoms with E-state index in [1.807, 2.05) is 0 Å². The number of hydrogen-bond acceptors (Lipinski definition) is 3. The van der Waals surface area contributed by atoms with Crippen molar-refractivity contribution in [3.8, 4) is 5.75 Å². The molecule has 1 atom stereocenters. The van der Waals surface area contributed by atoms with Crippen LogP contribution in [0.5, 0.6) is 5.75 Å². The van der Waals surface area contributed by atoms with Crippen molar-refractivity contribution in [1.82, 2.24) is 0 Å². The highest BCUT2D eigenvalue weighted by Crippen LogP contribution is 2.29. The first-order chi connectivity index (χ1) is 8.49. The third kappa shape index (κ3) is 4.19. The molecule has 1 aromatic rings. The Labute approximate surface area is 103 Å². The molecule has 102 valence electrons. The molecule has 0 bridgehead atoms. The van der Waals surface area contributed by atoms with E-state index in [0.29, 0.717) is 5.56 Å². The van der Waals surface area contributed by atoms with Gasteiger partial charge in [0, 0.05) is 13.0 Å². The first kappa shape index (κ1) is 14.8. The predicted molar refractivity (Wildman–Crippen MR) is 61.4 cm³/mol. The summed E-state index contributed by atoms with van der Waals surface area (Å²) in [5.41, 5.74) is 5.70. The predicted octanol–water partition coefficient (Wildman–Crippen LogP) is 1.88. The fourth-order valence-electron chi connectivity index (χ4n) is 1.54. The van der Waals surface area contributed by atoms with Crippen molar-refractivity contribution < 1.29 is 23.0 Å². The maximum Gasteiger partial charge on any atom is 0.425 e. The third-order valence-corrected chi connectivity index (χ3v) is 2.42. The standard InChI is InChI=1S/C12H16F3NO2/c13-12(14,15)11(5-7-16)18-10-4-2-1-3-9(10)6-8-17/h1-4,11,17H,5-8,16H2. The van der Waals surface area contributed by atoms with Crippen LogP contribution < -0.4 is 10.5 Å². The van der Waals surface area contributed by atoms with Crippen LogP contribution in [0.2, 0.25) is 0 Å². The van der Waals surface area contributed by atoms with E-state index in [0.717, 1.165) is 0 Å². The number of rotatable bonds is 6. The average Bonchev–Trinajstić information content (AvgIpc) is 2.30. The van der Waals surface area contributed by atoms with Gasteiger partial charge in [0.05, 0.1) is 0 Å². The normalized spacial score (nSPS) is 13.4. The summed E-state index contributed by atoms with van der Waals surface area (Å²) in [7, 11) is 0. The monoisotopic (exact) mass is 263 g/mol. The highest BCUT2D eigenvalue weighted by Gasteiger charge is 2.41. The maximum atomic E-state index is 12.7. The molecule has 0 amide bonds. The molecule has 0 aromatic heterocycles. The Bertz CT molecular complexity index is 369. The summed E-state index contributed by atoms with van der Waals surface area (Å²) in [5, 5.41) is 8.84. The van der Waals surface area contributed by atoms with Crippen molar-refractivity contribution in [2.24, 2.45) is 5.73 Å². The molecular formula is C12H16F3NO2. The molecule has 0 saturated carbocycles. The molecule has 6 heteroatoms. The van der Waals surface area contributed by atoms with Gasteiger partial charge in [-0.2, -0.15) is 13.2 Å². The lowest BCUT2D eigenvalue weighted by Crippen LogP contribution is -2.36. The molecule has 0 fully saturated rings. The van der Waals surface area contributed by atoms with Crippen LogP contribution in [-0.4, -0.2) is 30.5 Å². The number of para-hydroxylation sites is 1. The van der Waals surface area contributed by atoms with Crippen molar-refractivity contribution >= 4 is 0 Å². The molecule has 1 unspecified atom stereocenters. The van der Waals surface area contributed by atoms with E-state index in [1.54, 1.807) is 18.2 Å². The molecule has 0 radical (unpaired) electrons. The molecule has 0 aliphatic rings. The highest BCUT2D eigenvalue weighted by molar-refractivity contribution is 5.33. The zero-order valence-electron chi connectivity index (χ0n) is 9.78. The van der Waals surface area contributed by atoms with Crippen LogP contribution in [0.15, 0.2) is 24.3 Å². The van der Waals surface area contributed by atoms with Gasteiger partial charge in [0.15, 0.2) is 6.10 Å². The zero-order chi connectivity index (χ0) is 13.6. The number of halogens is 3. The van der Waals surface area contributed by atoms with E-state index >= 15 is 0 Å². The molecule has 3 N–H and O–H groups in total. The SMILES string of the molecule is NCCC(Oc1ccccc1CCO)C(F)(F)F. The molecule has 1 aromatic carbocycles. The minimum Gasteiger partial charge on any atom is -0.481 e. The smallest absolute Gasteiger partial charge is 0.425 e. The van der Waals surface area contributed by atoms with E-state index in [9.17, 15) is 13.2 Å². The number of ether oxygens (including phenoxy) is 1. The Morgan fingerprint density at radius 2 is 1.94 bits per heavy atom. The molecule has 0 aliphatic heterocycles. The van der Waals surface area contributed by atoms with Crippen molar-refractivity contribution in [1.29, 1.82) is 0 Å². The van der Waals surface area contributed by atoms with E-state index in [1.165, 1.54) is 6.07 Å². The Kier molecular flexibility index (Phi) is 5.43. The van der Waals surface area contributed by atoms with Crippen LogP contribution in [-0.2, 0) is 6.42 Å². The Morgan fingerprint density at radius 3 is 2.50 bits per heavy atom. The van der Waals surface area contributed by atoms with Gasteiger partial charge >= 0.3 is 6.18 Å². The van der Waals surface area contributed by atoms with Gasteiger partial charge in [0.2, 0.25) is 0 Å². The number of benzene rings is 1. The Balaban J connectivity index is 2.86. The first-order valence-electron chi connectivity index (χ1n) is 5.61. The molecule has 0 aliphatic carbocycles. The highest BCUT2D eigenvalue weighted by atomic mass is 19.4. The topological polar surface area (TPSA) is 55.5 Å². The van der Waals surface area contributed by atoms with Crippen LogP contribution in [0.1, 0.15) is 12.0 Å². The fourth-order valence-corrected chi connectivity index (χ4v) is 1.54. The molecule has 0 saturated heterocycles. The lowest BCUT2D eigenvalue weighted by molar-refractivity contribution is -0.196. The summed E-state index contributed by atoms with van der Waals surface area (Å²) >= 11 is 0. The second kappa shape index (κ2) is 6.61. The number of hydrogen-bond donors (Lipinski definition) is 2. The lowest BCUT2D eigenvalue weighted by Gasteiger charge is -2.22. The summed E-state index contributed by atoms with van der Waals surface area (Å²) < 4.78 is 43.0. The number of alkyl halides is 3. The van der Waals surface area contributed by atoms with Crippen molar-refractivity contribution in [2.45, 2.75) is 25.1 Å². The molecule has 1 rings (SSSR count). The van der Waals surface area contributed by atoms with Gasteiger partial charge in [-0.15, -0.1) is 0 Å². The van der Waals surface area contributed by atoms with Crippen LogP contribution in [0, 0.1) is 0 Å². The quantitative estimate of drug-likeness (QED) is 0.824. The van der Waals surface area contributed by atoms with Crippen molar-refractivity contribution in [3.63, 3.8) is 0 Å². The summed E-state index contributed by atoms with van der Waals surface area (Å²) in [5.74, 6) is 0.141. The van der Waals surface area contributed by atoms with Gasteiger partial charge in [0.25, 0.3) is 0 Å². The molecule has 0 spiro atoms. The number of aliphatic hydroxyl groups excluding tert-OH is 1. The largest absolute Gasteiger partial charge is 0.481 e. The summed E-state index contributed by atoms with van der Waals surface area (Å²) in [6, 6.07) is 6.36. The third-order valence-electron chi connectivity index (χ3n) is 2.42. The minimum absolute atomic E-state index is 0.105. The van der Waals surface area contributed by atoms with E-state index in [-0.39, 0.29) is 31.7 Å².